The number of hydrogen-bond acceptors (Lipinski definition) is 5. The van der Waals surface area contributed by atoms with Crippen molar-refractivity contribution in [3.63, 3.8) is 0 Å². The smallest absolute Gasteiger partial charge is 0.242 e. The maximum absolute atomic E-state index is 12.0. The highest BCUT2D eigenvalue weighted by Gasteiger charge is 2.16. The Morgan fingerprint density at radius 3 is 2.14 bits per heavy atom. The summed E-state index contributed by atoms with van der Waals surface area (Å²) in [5.74, 6) is 0.649. The van der Waals surface area contributed by atoms with Gasteiger partial charge in [0.25, 0.3) is 0 Å². The lowest BCUT2D eigenvalue weighted by Gasteiger charge is -2.11. The molecule has 0 saturated carbocycles. The number of aryl methyl sites for hydroxylation is 2. The highest BCUT2D eigenvalue weighted by Crippen LogP contribution is 2.14. The molecular weight excluding hydrogens is 302 g/mol. The van der Waals surface area contributed by atoms with Crippen molar-refractivity contribution < 1.29 is 13.2 Å². The Balaban J connectivity index is 2.03. The molecule has 0 atom stereocenters. The van der Waals surface area contributed by atoms with E-state index in [-0.39, 0.29) is 4.90 Å². The summed E-state index contributed by atoms with van der Waals surface area (Å²) in [6.45, 7) is 0. The number of rotatable bonds is 6. The molecule has 0 radical (unpaired) electrons. The molecule has 0 bridgehead atoms. The summed E-state index contributed by atoms with van der Waals surface area (Å²) in [7, 11) is -0.386. The molecule has 22 heavy (non-hydrogen) atoms. The molecule has 0 aliphatic carbocycles. The van der Waals surface area contributed by atoms with E-state index in [1.54, 1.807) is 24.3 Å². The van der Waals surface area contributed by atoms with Gasteiger partial charge in [-0.15, -0.1) is 0 Å². The number of carbonyl (C=O) groups is 1. The van der Waals surface area contributed by atoms with Gasteiger partial charge in [-0.1, -0.05) is 12.1 Å². The van der Waals surface area contributed by atoms with E-state index in [0.717, 1.165) is 5.56 Å². The van der Waals surface area contributed by atoms with Crippen molar-refractivity contribution >= 4 is 16.3 Å². The van der Waals surface area contributed by atoms with Gasteiger partial charge in [0, 0.05) is 32.9 Å². The van der Waals surface area contributed by atoms with Crippen LogP contribution in [0, 0.1) is 0 Å². The molecule has 6 nitrogen and oxygen atoms in total. The monoisotopic (exact) mass is 319 g/mol. The molecule has 2 rings (SSSR count). The van der Waals surface area contributed by atoms with Crippen LogP contribution in [0.1, 0.15) is 21.7 Å². The average Bonchev–Trinajstić information content (AvgIpc) is 2.53. The highest BCUT2D eigenvalue weighted by molar-refractivity contribution is 7.89. The Hall–Kier alpha value is -2.12. The minimum Gasteiger partial charge on any atom is -0.298 e. The Bertz CT molecular complexity index is 739. The largest absolute Gasteiger partial charge is 0.298 e. The van der Waals surface area contributed by atoms with Gasteiger partial charge in [-0.25, -0.2) is 22.7 Å². The summed E-state index contributed by atoms with van der Waals surface area (Å²) in [5.41, 5.74) is 1.45. The Morgan fingerprint density at radius 1 is 1.05 bits per heavy atom. The fraction of sp³-hybridized carbons (Fsp3) is 0.267. The molecule has 0 aliphatic rings. The van der Waals surface area contributed by atoms with Crippen LogP contribution in [-0.4, -0.2) is 43.1 Å². The standard InChI is InChI=1S/C15H17N3O3S/c1-18(2)22(20,21)14-6-3-12(4-7-14)5-8-15-16-9-13(11-19)10-17-15/h3-4,6-7,9-11H,5,8H2,1-2H3. The quantitative estimate of drug-likeness (QED) is 0.750. The van der Waals surface area contributed by atoms with Gasteiger partial charge < -0.3 is 0 Å². The van der Waals surface area contributed by atoms with Crippen molar-refractivity contribution in [3.05, 3.63) is 53.6 Å². The molecule has 0 N–H and O–H groups in total. The predicted octanol–water partition coefficient (Wildman–Crippen LogP) is 1.32. The van der Waals surface area contributed by atoms with Crippen LogP contribution in [0.25, 0.3) is 0 Å². The normalized spacial score (nSPS) is 11.6. The molecule has 1 aromatic carbocycles. The van der Waals surface area contributed by atoms with Crippen molar-refractivity contribution in [2.45, 2.75) is 17.7 Å². The minimum atomic E-state index is -3.39. The van der Waals surface area contributed by atoms with Crippen molar-refractivity contribution in [2.24, 2.45) is 0 Å². The van der Waals surface area contributed by atoms with E-state index >= 15 is 0 Å². The van der Waals surface area contributed by atoms with E-state index < -0.39 is 10.0 Å². The Labute approximate surface area is 129 Å². The third-order valence-corrected chi connectivity index (χ3v) is 5.03. The fourth-order valence-corrected chi connectivity index (χ4v) is 2.75. The van der Waals surface area contributed by atoms with Gasteiger partial charge >= 0.3 is 0 Å². The van der Waals surface area contributed by atoms with E-state index in [4.69, 9.17) is 0 Å². The van der Waals surface area contributed by atoms with E-state index in [9.17, 15) is 13.2 Å². The topological polar surface area (TPSA) is 80.2 Å². The predicted molar refractivity (Wildman–Crippen MR) is 82.1 cm³/mol. The number of sulfonamides is 1. The third-order valence-electron chi connectivity index (χ3n) is 3.20. The molecule has 0 unspecified atom stereocenters. The minimum absolute atomic E-state index is 0.271. The van der Waals surface area contributed by atoms with Crippen LogP contribution in [0.4, 0.5) is 0 Å². The lowest BCUT2D eigenvalue weighted by atomic mass is 10.1. The molecule has 1 heterocycles. The molecule has 116 valence electrons. The van der Waals surface area contributed by atoms with E-state index in [1.807, 2.05) is 0 Å². The summed E-state index contributed by atoms with van der Waals surface area (Å²) >= 11 is 0. The molecule has 0 amide bonds. The van der Waals surface area contributed by atoms with Crippen molar-refractivity contribution in [1.29, 1.82) is 0 Å². The lowest BCUT2D eigenvalue weighted by Crippen LogP contribution is -2.22. The van der Waals surface area contributed by atoms with Crippen LogP contribution in [-0.2, 0) is 22.9 Å². The van der Waals surface area contributed by atoms with Gasteiger partial charge in [0.15, 0.2) is 6.29 Å². The second-order valence-corrected chi connectivity index (χ2v) is 7.13. The molecular formula is C15H17N3O3S. The van der Waals surface area contributed by atoms with Gasteiger partial charge in [-0.2, -0.15) is 0 Å². The summed E-state index contributed by atoms with van der Waals surface area (Å²) in [6.07, 6.45) is 5.00. The summed E-state index contributed by atoms with van der Waals surface area (Å²) in [4.78, 5) is 19.0. The van der Waals surface area contributed by atoms with Crippen LogP contribution in [0.2, 0.25) is 0 Å². The fourth-order valence-electron chi connectivity index (χ4n) is 1.85. The van der Waals surface area contributed by atoms with Crippen LogP contribution in [0.3, 0.4) is 0 Å². The number of hydrogen-bond donors (Lipinski definition) is 0. The molecule has 2 aromatic rings. The zero-order valence-corrected chi connectivity index (χ0v) is 13.2. The molecule has 0 saturated heterocycles. The number of aromatic nitrogens is 2. The zero-order valence-electron chi connectivity index (χ0n) is 12.4. The second kappa shape index (κ2) is 6.76. The summed E-state index contributed by atoms with van der Waals surface area (Å²) in [6, 6.07) is 6.77. The highest BCUT2D eigenvalue weighted by atomic mass is 32.2. The number of aldehydes is 1. The van der Waals surface area contributed by atoms with Gasteiger partial charge in [-0.05, 0) is 24.1 Å². The Morgan fingerprint density at radius 2 is 1.64 bits per heavy atom. The first-order chi connectivity index (χ1) is 10.4. The van der Waals surface area contributed by atoms with Crippen LogP contribution < -0.4 is 0 Å². The van der Waals surface area contributed by atoms with E-state index in [0.29, 0.717) is 30.5 Å². The first-order valence-corrected chi connectivity index (χ1v) is 8.15. The summed E-state index contributed by atoms with van der Waals surface area (Å²) in [5, 5.41) is 0. The maximum atomic E-state index is 12.0. The number of benzene rings is 1. The summed E-state index contributed by atoms with van der Waals surface area (Å²) < 4.78 is 25.1. The first-order valence-electron chi connectivity index (χ1n) is 6.71. The second-order valence-electron chi connectivity index (χ2n) is 4.98. The molecule has 0 fully saturated rings. The molecule has 7 heteroatoms. The van der Waals surface area contributed by atoms with E-state index in [1.165, 1.54) is 30.8 Å². The van der Waals surface area contributed by atoms with Crippen LogP contribution in [0.15, 0.2) is 41.6 Å². The molecule has 0 spiro atoms. The van der Waals surface area contributed by atoms with Crippen LogP contribution in [0.5, 0.6) is 0 Å². The van der Waals surface area contributed by atoms with Crippen LogP contribution >= 0.6 is 0 Å². The first kappa shape index (κ1) is 16.3. The molecule has 0 aliphatic heterocycles. The number of carbonyl (C=O) groups excluding carboxylic acids is 1. The Kier molecular flexibility index (Phi) is 4.99. The zero-order chi connectivity index (χ0) is 16.2. The van der Waals surface area contributed by atoms with Gasteiger partial charge in [0.2, 0.25) is 10.0 Å². The van der Waals surface area contributed by atoms with Crippen molar-refractivity contribution in [2.75, 3.05) is 14.1 Å². The lowest BCUT2D eigenvalue weighted by molar-refractivity contribution is 0.112. The SMILES string of the molecule is CN(C)S(=O)(=O)c1ccc(CCc2ncc(C=O)cn2)cc1. The van der Waals surface area contributed by atoms with Crippen molar-refractivity contribution in [3.8, 4) is 0 Å². The van der Waals surface area contributed by atoms with Gasteiger partial charge in [0.1, 0.15) is 5.82 Å². The van der Waals surface area contributed by atoms with E-state index in [2.05, 4.69) is 9.97 Å². The van der Waals surface area contributed by atoms with Gasteiger partial charge in [0.05, 0.1) is 10.5 Å². The number of nitrogens with zero attached hydrogens (tertiary/aromatic N) is 3. The molecule has 1 aromatic heterocycles. The average molecular weight is 319 g/mol. The van der Waals surface area contributed by atoms with Gasteiger partial charge in [-0.3, -0.25) is 4.79 Å². The van der Waals surface area contributed by atoms with Crippen molar-refractivity contribution in [1.82, 2.24) is 14.3 Å². The third kappa shape index (κ3) is 3.75. The maximum Gasteiger partial charge on any atom is 0.242 e.